The summed E-state index contributed by atoms with van der Waals surface area (Å²) in [4.78, 5) is 12.9. The highest BCUT2D eigenvalue weighted by Crippen LogP contribution is 2.30. The lowest BCUT2D eigenvalue weighted by Crippen LogP contribution is -2.24. The maximum Gasteiger partial charge on any atom is 0.195 e. The smallest absolute Gasteiger partial charge is 0.195 e. The lowest BCUT2D eigenvalue weighted by atomic mass is 10.0. The van der Waals surface area contributed by atoms with Crippen LogP contribution in [0.25, 0.3) is 0 Å². The van der Waals surface area contributed by atoms with Crippen LogP contribution in [-0.2, 0) is 6.61 Å². The highest BCUT2D eigenvalue weighted by Gasteiger charge is 2.22. The molecule has 1 fully saturated rings. The zero-order valence-corrected chi connectivity index (χ0v) is 15.8. The molecule has 0 amide bonds. The van der Waals surface area contributed by atoms with Crippen LogP contribution in [-0.4, -0.2) is 10.9 Å². The van der Waals surface area contributed by atoms with Gasteiger partial charge in [-0.3, -0.25) is 4.79 Å². The zero-order chi connectivity index (χ0) is 20.1. The van der Waals surface area contributed by atoms with Crippen molar-refractivity contribution in [2.75, 3.05) is 0 Å². The monoisotopic (exact) mass is 386 g/mol. The number of phenols is 1. The standard InChI is InChI=1S/C24H22N2O3/c27-21-12-7-13-23(29-16-17-8-3-1-4-9-17)24(21)22(28)15-19-14-20(26-25-19)18-10-5-2-6-11-18/h1-13,15,20,25-27H,14,16H2/b19-15-. The molecular formula is C24H22N2O3. The number of hydrogen-bond donors (Lipinski definition) is 3. The molecule has 1 unspecified atom stereocenters. The van der Waals surface area contributed by atoms with E-state index in [1.165, 1.54) is 12.1 Å². The van der Waals surface area contributed by atoms with E-state index in [1.807, 2.05) is 60.7 Å². The predicted molar refractivity (Wildman–Crippen MR) is 111 cm³/mol. The van der Waals surface area contributed by atoms with Gasteiger partial charge in [0.1, 0.15) is 23.7 Å². The number of nitrogens with one attached hydrogen (secondary N) is 2. The molecule has 1 saturated heterocycles. The second-order valence-corrected chi connectivity index (χ2v) is 6.90. The number of ether oxygens (including phenoxy) is 1. The highest BCUT2D eigenvalue weighted by atomic mass is 16.5. The van der Waals surface area contributed by atoms with Crippen LogP contribution in [0.4, 0.5) is 0 Å². The minimum atomic E-state index is -0.302. The van der Waals surface area contributed by atoms with E-state index in [9.17, 15) is 9.90 Å². The predicted octanol–water partition coefficient (Wildman–Crippen LogP) is 4.28. The molecule has 0 aliphatic carbocycles. The van der Waals surface area contributed by atoms with Crippen LogP contribution in [0.2, 0.25) is 0 Å². The van der Waals surface area contributed by atoms with Gasteiger partial charge in [0.25, 0.3) is 0 Å². The van der Waals surface area contributed by atoms with Gasteiger partial charge in [0.2, 0.25) is 0 Å². The van der Waals surface area contributed by atoms with Gasteiger partial charge in [0.15, 0.2) is 5.78 Å². The molecule has 3 aromatic carbocycles. The Morgan fingerprint density at radius 3 is 2.48 bits per heavy atom. The number of carbonyl (C=O) groups excluding carboxylic acids is 1. The fourth-order valence-corrected chi connectivity index (χ4v) is 3.34. The van der Waals surface area contributed by atoms with Crippen molar-refractivity contribution >= 4 is 5.78 Å². The number of carbonyl (C=O) groups is 1. The maximum atomic E-state index is 12.9. The minimum absolute atomic E-state index is 0.0911. The van der Waals surface area contributed by atoms with Gasteiger partial charge >= 0.3 is 0 Å². The summed E-state index contributed by atoms with van der Waals surface area (Å²) in [5, 5.41) is 10.3. The van der Waals surface area contributed by atoms with Gasteiger partial charge in [-0.2, -0.15) is 0 Å². The third kappa shape index (κ3) is 4.47. The van der Waals surface area contributed by atoms with Crippen LogP contribution in [0.3, 0.4) is 0 Å². The molecule has 3 aromatic rings. The highest BCUT2D eigenvalue weighted by molar-refractivity contribution is 6.08. The van der Waals surface area contributed by atoms with E-state index in [1.54, 1.807) is 12.1 Å². The lowest BCUT2D eigenvalue weighted by molar-refractivity contribution is 0.103. The quantitative estimate of drug-likeness (QED) is 0.436. The molecule has 146 valence electrons. The Bertz CT molecular complexity index is 1020. The van der Waals surface area contributed by atoms with Crippen LogP contribution < -0.4 is 15.6 Å². The molecule has 1 heterocycles. The number of hydrogen-bond acceptors (Lipinski definition) is 5. The van der Waals surface area contributed by atoms with Crippen LogP contribution in [0, 0.1) is 0 Å². The summed E-state index contributed by atoms with van der Waals surface area (Å²) in [6.45, 7) is 0.316. The molecule has 0 bridgehead atoms. The minimum Gasteiger partial charge on any atom is -0.507 e. The molecular weight excluding hydrogens is 364 g/mol. The molecule has 4 rings (SSSR count). The van der Waals surface area contributed by atoms with E-state index in [0.717, 1.165) is 16.8 Å². The van der Waals surface area contributed by atoms with Crippen molar-refractivity contribution in [3.8, 4) is 11.5 Å². The number of aromatic hydroxyl groups is 1. The van der Waals surface area contributed by atoms with Gasteiger partial charge in [-0.1, -0.05) is 66.7 Å². The molecule has 0 saturated carbocycles. The summed E-state index contributed by atoms with van der Waals surface area (Å²) in [6.07, 6.45) is 2.17. The fourth-order valence-electron chi connectivity index (χ4n) is 3.34. The normalized spacial score (nSPS) is 17.1. The lowest BCUT2D eigenvalue weighted by Gasteiger charge is -2.11. The van der Waals surface area contributed by atoms with Crippen molar-refractivity contribution in [2.24, 2.45) is 0 Å². The third-order valence-electron chi connectivity index (χ3n) is 4.83. The first-order valence-corrected chi connectivity index (χ1v) is 9.51. The Balaban J connectivity index is 1.50. The van der Waals surface area contributed by atoms with Crippen LogP contribution >= 0.6 is 0 Å². The first-order valence-electron chi connectivity index (χ1n) is 9.51. The van der Waals surface area contributed by atoms with Gasteiger partial charge in [0.05, 0.1) is 6.04 Å². The number of benzene rings is 3. The number of ketones is 1. The molecule has 5 heteroatoms. The van der Waals surface area contributed by atoms with Crippen molar-refractivity contribution in [2.45, 2.75) is 19.1 Å². The number of hydrazine groups is 1. The molecule has 0 spiro atoms. The SMILES string of the molecule is O=C(/C=C1/CC(c2ccccc2)NN1)c1c(O)cccc1OCc1ccccc1. The first kappa shape index (κ1) is 18.8. The second-order valence-electron chi connectivity index (χ2n) is 6.90. The van der Waals surface area contributed by atoms with Gasteiger partial charge in [-0.05, 0) is 23.3 Å². The molecule has 1 aliphatic rings. The van der Waals surface area contributed by atoms with E-state index in [2.05, 4.69) is 10.9 Å². The van der Waals surface area contributed by atoms with Gasteiger partial charge in [0, 0.05) is 18.2 Å². The van der Waals surface area contributed by atoms with Crippen molar-refractivity contribution in [1.82, 2.24) is 10.9 Å². The Morgan fingerprint density at radius 1 is 1.00 bits per heavy atom. The van der Waals surface area contributed by atoms with Crippen LogP contribution in [0.5, 0.6) is 11.5 Å². The third-order valence-corrected chi connectivity index (χ3v) is 4.83. The summed E-state index contributed by atoms with van der Waals surface area (Å²) in [5.41, 5.74) is 9.32. The Hall–Kier alpha value is -3.57. The van der Waals surface area contributed by atoms with Crippen LogP contribution in [0.1, 0.15) is 33.9 Å². The molecule has 3 N–H and O–H groups in total. The van der Waals surface area contributed by atoms with Crippen LogP contribution in [0.15, 0.2) is 90.6 Å². The Morgan fingerprint density at radius 2 is 1.72 bits per heavy atom. The molecule has 29 heavy (non-hydrogen) atoms. The molecule has 1 aliphatic heterocycles. The van der Waals surface area contributed by atoms with Gasteiger partial charge in [-0.15, -0.1) is 0 Å². The van der Waals surface area contributed by atoms with Gasteiger partial charge in [-0.25, -0.2) is 5.43 Å². The molecule has 1 atom stereocenters. The average molecular weight is 386 g/mol. The first-order chi connectivity index (χ1) is 14.2. The Labute approximate surface area is 169 Å². The number of allylic oxidation sites excluding steroid dienone is 1. The van der Waals surface area contributed by atoms with Crippen molar-refractivity contribution in [3.63, 3.8) is 0 Å². The van der Waals surface area contributed by atoms with Crippen molar-refractivity contribution < 1.29 is 14.6 Å². The summed E-state index contributed by atoms with van der Waals surface area (Å²) in [7, 11) is 0. The Kier molecular flexibility index (Phi) is 5.59. The van der Waals surface area contributed by atoms with E-state index < -0.39 is 0 Å². The van der Waals surface area contributed by atoms with E-state index >= 15 is 0 Å². The second kappa shape index (κ2) is 8.63. The van der Waals surface area contributed by atoms with E-state index in [0.29, 0.717) is 18.8 Å². The zero-order valence-electron chi connectivity index (χ0n) is 15.8. The fraction of sp³-hybridized carbons (Fsp3) is 0.125. The maximum absolute atomic E-state index is 12.9. The van der Waals surface area contributed by atoms with Crippen molar-refractivity contribution in [3.05, 3.63) is 107 Å². The summed E-state index contributed by atoms with van der Waals surface area (Å²) in [5.74, 6) is -0.0339. The largest absolute Gasteiger partial charge is 0.507 e. The number of rotatable bonds is 6. The summed E-state index contributed by atoms with van der Waals surface area (Å²) in [6, 6.07) is 24.7. The average Bonchev–Trinajstić information content (AvgIpc) is 3.22. The van der Waals surface area contributed by atoms with Gasteiger partial charge < -0.3 is 15.3 Å². The van der Waals surface area contributed by atoms with Crippen molar-refractivity contribution in [1.29, 1.82) is 0 Å². The topological polar surface area (TPSA) is 70.6 Å². The molecule has 0 aromatic heterocycles. The van der Waals surface area contributed by atoms with E-state index in [4.69, 9.17) is 4.74 Å². The molecule has 0 radical (unpaired) electrons. The number of phenolic OH excluding ortho intramolecular Hbond substituents is 1. The molecule has 5 nitrogen and oxygen atoms in total. The van der Waals surface area contributed by atoms with E-state index in [-0.39, 0.29) is 23.1 Å². The summed E-state index contributed by atoms with van der Waals surface area (Å²) >= 11 is 0. The summed E-state index contributed by atoms with van der Waals surface area (Å²) < 4.78 is 5.83.